The molecule has 19 heteroatoms. The Balaban J connectivity index is 5.27. The third-order valence-electron chi connectivity index (χ3n) is 16.9. The number of phosphoric ester groups is 2. The van der Waals surface area contributed by atoms with Crippen LogP contribution in [0.4, 0.5) is 0 Å². The van der Waals surface area contributed by atoms with Gasteiger partial charge in [0.15, 0.2) is 12.2 Å². The number of esters is 4. The van der Waals surface area contributed by atoms with Gasteiger partial charge in [-0.2, -0.15) is 0 Å². The van der Waals surface area contributed by atoms with Crippen molar-refractivity contribution in [2.45, 2.75) is 387 Å². The summed E-state index contributed by atoms with van der Waals surface area (Å²) in [5.41, 5.74) is 0. The molecule has 0 heterocycles. The van der Waals surface area contributed by atoms with E-state index in [9.17, 15) is 43.2 Å². The monoisotopic (exact) mass is 1380 g/mol. The van der Waals surface area contributed by atoms with E-state index in [0.29, 0.717) is 31.6 Å². The van der Waals surface area contributed by atoms with E-state index in [-0.39, 0.29) is 25.7 Å². The minimum Gasteiger partial charge on any atom is -0.462 e. The van der Waals surface area contributed by atoms with E-state index in [2.05, 4.69) is 58.9 Å². The van der Waals surface area contributed by atoms with Gasteiger partial charge in [0.25, 0.3) is 0 Å². The molecule has 0 saturated carbocycles. The second kappa shape index (κ2) is 67.7. The van der Waals surface area contributed by atoms with Crippen molar-refractivity contribution in [2.24, 2.45) is 5.92 Å². The van der Waals surface area contributed by atoms with E-state index in [1.807, 2.05) is 0 Å². The topological polar surface area (TPSA) is 237 Å². The van der Waals surface area contributed by atoms with Crippen molar-refractivity contribution < 1.29 is 80.2 Å². The van der Waals surface area contributed by atoms with Crippen molar-refractivity contribution in [3.8, 4) is 0 Å². The van der Waals surface area contributed by atoms with Crippen LogP contribution >= 0.6 is 15.6 Å². The molecule has 0 aliphatic heterocycles. The first-order valence-corrected chi connectivity index (χ1v) is 41.4. The molecule has 2 unspecified atom stereocenters. The van der Waals surface area contributed by atoms with Crippen LogP contribution in [0.1, 0.15) is 369 Å². The highest BCUT2D eigenvalue weighted by atomic mass is 31.2. The van der Waals surface area contributed by atoms with Crippen LogP contribution < -0.4 is 0 Å². The summed E-state index contributed by atoms with van der Waals surface area (Å²) in [5.74, 6) is -1.47. The molecule has 0 saturated heterocycles. The van der Waals surface area contributed by atoms with E-state index in [4.69, 9.17) is 37.0 Å². The first kappa shape index (κ1) is 91.5. The molecule has 0 aromatic heterocycles. The summed E-state index contributed by atoms with van der Waals surface area (Å²) >= 11 is 0. The summed E-state index contributed by atoms with van der Waals surface area (Å²) in [4.78, 5) is 72.7. The van der Waals surface area contributed by atoms with Crippen LogP contribution in [0.3, 0.4) is 0 Å². The third-order valence-corrected chi connectivity index (χ3v) is 18.8. The number of aliphatic hydroxyl groups is 1. The quantitative estimate of drug-likeness (QED) is 0.0169. The van der Waals surface area contributed by atoms with Crippen LogP contribution in [0.5, 0.6) is 0 Å². The van der Waals surface area contributed by atoms with E-state index in [1.165, 1.54) is 167 Å². The molecule has 554 valence electrons. The number of carbonyl (C=O) groups is 4. The molecule has 0 aliphatic rings. The second-order valence-corrected chi connectivity index (χ2v) is 29.7. The molecule has 0 aliphatic carbocycles. The molecular weight excluding hydrogens is 1230 g/mol. The number of ether oxygens (including phenoxy) is 4. The van der Waals surface area contributed by atoms with E-state index < -0.39 is 97.5 Å². The fourth-order valence-electron chi connectivity index (χ4n) is 11.0. The van der Waals surface area contributed by atoms with Gasteiger partial charge in [-0.3, -0.25) is 37.3 Å². The zero-order valence-corrected chi connectivity index (χ0v) is 62.4. The zero-order valence-electron chi connectivity index (χ0n) is 60.6. The van der Waals surface area contributed by atoms with Crippen LogP contribution in [0.2, 0.25) is 0 Å². The molecule has 5 atom stereocenters. The minimum absolute atomic E-state index is 0.102. The highest BCUT2D eigenvalue weighted by Crippen LogP contribution is 2.45. The number of aliphatic hydroxyl groups excluding tert-OH is 1. The molecule has 0 amide bonds. The molecular formula is C75H142O17P2. The van der Waals surface area contributed by atoms with Gasteiger partial charge in [-0.1, -0.05) is 316 Å². The van der Waals surface area contributed by atoms with Crippen LogP contribution in [-0.2, 0) is 65.4 Å². The van der Waals surface area contributed by atoms with E-state index >= 15 is 0 Å². The summed E-state index contributed by atoms with van der Waals surface area (Å²) in [5, 5.41) is 10.6. The maximum absolute atomic E-state index is 13.1. The van der Waals surface area contributed by atoms with Gasteiger partial charge in [-0.25, -0.2) is 9.13 Å². The van der Waals surface area contributed by atoms with Crippen molar-refractivity contribution in [3.05, 3.63) is 24.3 Å². The maximum Gasteiger partial charge on any atom is 0.472 e. The lowest BCUT2D eigenvalue weighted by Gasteiger charge is -2.21. The van der Waals surface area contributed by atoms with Crippen molar-refractivity contribution in [1.82, 2.24) is 0 Å². The van der Waals surface area contributed by atoms with Crippen molar-refractivity contribution in [1.29, 1.82) is 0 Å². The van der Waals surface area contributed by atoms with Gasteiger partial charge in [0.05, 0.1) is 26.4 Å². The summed E-state index contributed by atoms with van der Waals surface area (Å²) < 4.78 is 68.4. The molecule has 17 nitrogen and oxygen atoms in total. The Labute approximate surface area is 573 Å². The van der Waals surface area contributed by atoms with Crippen molar-refractivity contribution in [3.63, 3.8) is 0 Å². The summed E-state index contributed by atoms with van der Waals surface area (Å²) in [7, 11) is -9.92. The number of carbonyl (C=O) groups excluding carboxylic acids is 4. The highest BCUT2D eigenvalue weighted by molar-refractivity contribution is 7.47. The molecule has 0 bridgehead atoms. The fourth-order valence-corrected chi connectivity index (χ4v) is 12.6. The summed E-state index contributed by atoms with van der Waals surface area (Å²) in [6.07, 6.45) is 59.2. The van der Waals surface area contributed by atoms with Gasteiger partial charge in [0.2, 0.25) is 0 Å². The largest absolute Gasteiger partial charge is 0.472 e. The molecule has 0 radical (unpaired) electrons. The Morgan fingerprint density at radius 2 is 0.574 bits per heavy atom. The number of hydrogen-bond donors (Lipinski definition) is 3. The van der Waals surface area contributed by atoms with Gasteiger partial charge in [-0.05, 0) is 57.3 Å². The number of hydrogen-bond acceptors (Lipinski definition) is 15. The van der Waals surface area contributed by atoms with Crippen LogP contribution in [0.15, 0.2) is 24.3 Å². The Hall–Kier alpha value is -2.46. The number of rotatable bonds is 73. The minimum atomic E-state index is -4.96. The van der Waals surface area contributed by atoms with Crippen LogP contribution in [-0.4, -0.2) is 96.7 Å². The lowest BCUT2D eigenvalue weighted by atomic mass is 10.0. The van der Waals surface area contributed by atoms with Crippen LogP contribution in [0.25, 0.3) is 0 Å². The Morgan fingerprint density at radius 1 is 0.330 bits per heavy atom. The van der Waals surface area contributed by atoms with Gasteiger partial charge < -0.3 is 33.8 Å². The Morgan fingerprint density at radius 3 is 0.872 bits per heavy atom. The zero-order chi connectivity index (χ0) is 69.1. The maximum atomic E-state index is 13.1. The van der Waals surface area contributed by atoms with Crippen molar-refractivity contribution >= 4 is 39.5 Å². The van der Waals surface area contributed by atoms with E-state index in [0.717, 1.165) is 116 Å². The number of phosphoric acid groups is 2. The summed E-state index contributed by atoms with van der Waals surface area (Å²) in [6, 6.07) is 0. The molecule has 3 N–H and O–H groups in total. The second-order valence-electron chi connectivity index (χ2n) is 26.8. The molecule has 0 aromatic rings. The fraction of sp³-hybridized carbons (Fsp3) is 0.893. The number of allylic oxidation sites excluding steroid dienone is 4. The van der Waals surface area contributed by atoms with Gasteiger partial charge in [-0.15, -0.1) is 0 Å². The molecule has 0 rings (SSSR count). The smallest absolute Gasteiger partial charge is 0.462 e. The average molecular weight is 1380 g/mol. The highest BCUT2D eigenvalue weighted by Gasteiger charge is 2.30. The average Bonchev–Trinajstić information content (AvgIpc) is 1.55. The van der Waals surface area contributed by atoms with Gasteiger partial charge in [0, 0.05) is 25.7 Å². The van der Waals surface area contributed by atoms with Gasteiger partial charge >= 0.3 is 39.5 Å². The van der Waals surface area contributed by atoms with E-state index in [1.54, 1.807) is 0 Å². The first-order valence-electron chi connectivity index (χ1n) is 38.5. The predicted octanol–water partition coefficient (Wildman–Crippen LogP) is 21.6. The summed E-state index contributed by atoms with van der Waals surface area (Å²) in [6.45, 7) is 7.14. The molecule has 0 aromatic carbocycles. The standard InChI is InChI=1S/C75H142O17P2/c1-6-9-12-15-18-21-24-27-29-30-32-35-38-41-44-51-56-61-74(79)91-70(64-85-72(77)58-53-48-42-39-36-34-31-28-25-22-19-16-13-10-7-2)66-89-93(81,82)87-62-69(76)63-88-94(83,84)90-67-71(65-86-73(78)59-54-49-46-45-47-52-57-68(4)5)92-75(80)60-55-50-43-40-37-33-26-23-20-17-14-11-8-3/h22,25,28,31,68-71,76H,6-21,23-24,26-27,29-30,32-67H2,1-5H3,(H,81,82)(H,83,84)/b25-22-,31-28-/t69-,70-,71-/m1/s1. The number of unbranched alkanes of at least 4 members (excludes halogenated alkanes) is 42. The van der Waals surface area contributed by atoms with Crippen LogP contribution in [0, 0.1) is 5.92 Å². The van der Waals surface area contributed by atoms with Crippen molar-refractivity contribution in [2.75, 3.05) is 39.6 Å². The normalized spacial score (nSPS) is 14.1. The lowest BCUT2D eigenvalue weighted by molar-refractivity contribution is -0.161. The third kappa shape index (κ3) is 68.1. The van der Waals surface area contributed by atoms with Gasteiger partial charge in [0.1, 0.15) is 19.3 Å². The lowest BCUT2D eigenvalue weighted by Crippen LogP contribution is -2.30. The first-order chi connectivity index (χ1) is 45.5. The molecule has 0 spiro atoms. The Bertz CT molecular complexity index is 1900. The Kier molecular flexibility index (Phi) is 65.9. The predicted molar refractivity (Wildman–Crippen MR) is 381 cm³/mol. The SMILES string of the molecule is CCCCCC/C=C\C=C/CCCCCCCC(=O)OC[C@H](COP(=O)(O)OC[C@@H](O)COP(=O)(O)OC[C@@H](COC(=O)CCCCCCCCC(C)C)OC(=O)CCCCCCCCCCCCCCC)OC(=O)CCCCCCCCCCCCCCCCCCC. The molecule has 0 fully saturated rings. The molecule has 94 heavy (non-hydrogen) atoms.